The van der Waals surface area contributed by atoms with Crippen molar-refractivity contribution in [1.82, 2.24) is 9.55 Å². The molecule has 0 fully saturated rings. The molecule has 1 atom stereocenters. The fourth-order valence-electron chi connectivity index (χ4n) is 2.41. The summed E-state index contributed by atoms with van der Waals surface area (Å²) < 4.78 is 15.1. The lowest BCUT2D eigenvalue weighted by molar-refractivity contribution is 0.623. The van der Waals surface area contributed by atoms with Crippen molar-refractivity contribution in [3.8, 4) is 0 Å². The van der Waals surface area contributed by atoms with Crippen LogP contribution in [0, 0.1) is 12.7 Å². The number of nitrogens with zero attached hydrogens (tertiary/aromatic N) is 2. The normalized spacial score (nSPS) is 12.4. The van der Waals surface area contributed by atoms with Crippen LogP contribution in [0.25, 0.3) is 0 Å². The van der Waals surface area contributed by atoms with Gasteiger partial charge in [-0.3, -0.25) is 0 Å². The zero-order chi connectivity index (χ0) is 15.2. The van der Waals surface area contributed by atoms with E-state index in [2.05, 4.69) is 34.9 Å². The minimum absolute atomic E-state index is 0.190. The SMILES string of the molecule is CCCCn1cc(C)nc1NC(C)Cc1ccc(F)cc1. The van der Waals surface area contributed by atoms with Crippen molar-refractivity contribution in [3.05, 3.63) is 47.5 Å². The summed E-state index contributed by atoms with van der Waals surface area (Å²) in [5.74, 6) is 0.737. The van der Waals surface area contributed by atoms with Gasteiger partial charge in [0.1, 0.15) is 5.82 Å². The lowest BCUT2D eigenvalue weighted by atomic mass is 10.1. The Kier molecular flexibility index (Phi) is 5.37. The van der Waals surface area contributed by atoms with Gasteiger partial charge in [-0.2, -0.15) is 0 Å². The van der Waals surface area contributed by atoms with E-state index in [1.807, 2.05) is 19.1 Å². The molecule has 114 valence electrons. The van der Waals surface area contributed by atoms with Gasteiger partial charge in [0.2, 0.25) is 5.95 Å². The third-order valence-electron chi connectivity index (χ3n) is 3.48. The number of aromatic nitrogens is 2. The summed E-state index contributed by atoms with van der Waals surface area (Å²) in [6, 6.07) is 6.94. The van der Waals surface area contributed by atoms with Crippen molar-refractivity contribution in [2.75, 3.05) is 5.32 Å². The second-order valence-corrected chi connectivity index (χ2v) is 5.63. The van der Waals surface area contributed by atoms with Crippen LogP contribution in [0.1, 0.15) is 37.9 Å². The summed E-state index contributed by atoms with van der Waals surface area (Å²) in [7, 11) is 0. The monoisotopic (exact) mass is 289 g/mol. The molecule has 1 aromatic heterocycles. The Morgan fingerprint density at radius 1 is 1.29 bits per heavy atom. The largest absolute Gasteiger partial charge is 0.353 e. The average Bonchev–Trinajstić information content (AvgIpc) is 2.79. The lowest BCUT2D eigenvalue weighted by Gasteiger charge is -2.16. The van der Waals surface area contributed by atoms with E-state index in [0.717, 1.165) is 36.6 Å². The first-order valence-corrected chi connectivity index (χ1v) is 7.63. The molecular weight excluding hydrogens is 265 g/mol. The fraction of sp³-hybridized carbons (Fsp3) is 0.471. The number of unbranched alkanes of at least 4 members (excludes halogenated alkanes) is 1. The van der Waals surface area contributed by atoms with Crippen LogP contribution in [0.5, 0.6) is 0 Å². The highest BCUT2D eigenvalue weighted by Gasteiger charge is 2.09. The van der Waals surface area contributed by atoms with Gasteiger partial charge in [-0.15, -0.1) is 0 Å². The van der Waals surface area contributed by atoms with E-state index in [4.69, 9.17) is 0 Å². The van der Waals surface area contributed by atoms with Gasteiger partial charge in [-0.25, -0.2) is 9.37 Å². The number of nitrogens with one attached hydrogen (secondary N) is 1. The van der Waals surface area contributed by atoms with Crippen molar-refractivity contribution >= 4 is 5.95 Å². The van der Waals surface area contributed by atoms with Crippen LogP contribution in [0.2, 0.25) is 0 Å². The zero-order valence-electron chi connectivity index (χ0n) is 13.1. The van der Waals surface area contributed by atoms with Gasteiger partial charge in [-0.1, -0.05) is 25.5 Å². The van der Waals surface area contributed by atoms with Crippen LogP contribution in [-0.2, 0) is 13.0 Å². The van der Waals surface area contributed by atoms with Crippen LogP contribution >= 0.6 is 0 Å². The van der Waals surface area contributed by atoms with Crippen LogP contribution < -0.4 is 5.32 Å². The maximum Gasteiger partial charge on any atom is 0.203 e. The van der Waals surface area contributed by atoms with Crippen LogP contribution in [0.3, 0.4) is 0 Å². The number of hydrogen-bond donors (Lipinski definition) is 1. The Bertz CT molecular complexity index is 560. The Morgan fingerprint density at radius 2 is 2.00 bits per heavy atom. The summed E-state index contributed by atoms with van der Waals surface area (Å²) in [6.45, 7) is 7.31. The first-order chi connectivity index (χ1) is 10.1. The number of hydrogen-bond acceptors (Lipinski definition) is 2. The molecule has 4 heteroatoms. The summed E-state index contributed by atoms with van der Waals surface area (Å²) in [5.41, 5.74) is 2.15. The molecule has 0 aliphatic rings. The third kappa shape index (κ3) is 4.59. The summed E-state index contributed by atoms with van der Waals surface area (Å²) in [4.78, 5) is 4.55. The quantitative estimate of drug-likeness (QED) is 0.829. The van der Waals surface area contributed by atoms with Gasteiger partial charge >= 0.3 is 0 Å². The summed E-state index contributed by atoms with van der Waals surface area (Å²) in [6.07, 6.45) is 5.25. The van der Waals surface area contributed by atoms with Crippen LogP contribution in [0.4, 0.5) is 10.3 Å². The molecule has 0 aliphatic heterocycles. The molecule has 1 heterocycles. The molecule has 0 radical (unpaired) electrons. The topological polar surface area (TPSA) is 29.9 Å². The van der Waals surface area contributed by atoms with E-state index < -0.39 is 0 Å². The molecule has 21 heavy (non-hydrogen) atoms. The number of halogens is 1. The van der Waals surface area contributed by atoms with Crippen molar-refractivity contribution in [2.45, 2.75) is 52.6 Å². The van der Waals surface area contributed by atoms with E-state index in [1.54, 1.807) is 0 Å². The number of anilines is 1. The van der Waals surface area contributed by atoms with Gasteiger partial charge < -0.3 is 9.88 Å². The van der Waals surface area contributed by atoms with E-state index in [0.29, 0.717) is 0 Å². The van der Waals surface area contributed by atoms with E-state index >= 15 is 0 Å². The van der Waals surface area contributed by atoms with Gasteiger partial charge in [0.05, 0.1) is 5.69 Å². The zero-order valence-corrected chi connectivity index (χ0v) is 13.1. The maximum absolute atomic E-state index is 12.9. The number of benzene rings is 1. The highest BCUT2D eigenvalue weighted by molar-refractivity contribution is 5.31. The molecule has 0 saturated heterocycles. The van der Waals surface area contributed by atoms with Crippen LogP contribution in [-0.4, -0.2) is 15.6 Å². The van der Waals surface area contributed by atoms with Crippen molar-refractivity contribution in [3.63, 3.8) is 0 Å². The Labute approximate surface area is 126 Å². The number of imidazole rings is 1. The standard InChI is InChI=1S/C17H24FN3/c1-4-5-10-21-12-14(3)20-17(21)19-13(2)11-15-6-8-16(18)9-7-15/h6-9,12-13H,4-5,10-11H2,1-3H3,(H,19,20). The molecule has 0 amide bonds. The molecule has 2 rings (SSSR count). The summed E-state index contributed by atoms with van der Waals surface area (Å²) >= 11 is 0. The minimum atomic E-state index is -0.190. The van der Waals surface area contributed by atoms with Gasteiger partial charge in [-0.05, 0) is 44.4 Å². The highest BCUT2D eigenvalue weighted by Crippen LogP contribution is 2.13. The number of aryl methyl sites for hydroxylation is 2. The molecule has 2 aromatic rings. The van der Waals surface area contributed by atoms with Gasteiger partial charge in [0.25, 0.3) is 0 Å². The Hall–Kier alpha value is -1.84. The van der Waals surface area contributed by atoms with Gasteiger partial charge in [0.15, 0.2) is 0 Å². The molecular formula is C17H24FN3. The second-order valence-electron chi connectivity index (χ2n) is 5.63. The van der Waals surface area contributed by atoms with E-state index in [9.17, 15) is 4.39 Å². The summed E-state index contributed by atoms with van der Waals surface area (Å²) in [5, 5.41) is 3.46. The fourth-order valence-corrected chi connectivity index (χ4v) is 2.41. The van der Waals surface area contributed by atoms with E-state index in [1.165, 1.54) is 18.6 Å². The predicted octanol–water partition coefficient (Wildman–Crippen LogP) is 4.17. The molecule has 0 bridgehead atoms. The lowest BCUT2D eigenvalue weighted by Crippen LogP contribution is -2.21. The van der Waals surface area contributed by atoms with Crippen molar-refractivity contribution in [2.24, 2.45) is 0 Å². The highest BCUT2D eigenvalue weighted by atomic mass is 19.1. The first-order valence-electron chi connectivity index (χ1n) is 7.63. The van der Waals surface area contributed by atoms with Crippen LogP contribution in [0.15, 0.2) is 30.5 Å². The minimum Gasteiger partial charge on any atom is -0.353 e. The molecule has 0 spiro atoms. The second kappa shape index (κ2) is 7.25. The third-order valence-corrected chi connectivity index (χ3v) is 3.48. The molecule has 0 saturated carbocycles. The Balaban J connectivity index is 1.98. The van der Waals surface area contributed by atoms with E-state index in [-0.39, 0.29) is 11.9 Å². The number of rotatable bonds is 7. The van der Waals surface area contributed by atoms with Gasteiger partial charge in [0, 0.05) is 18.8 Å². The molecule has 1 unspecified atom stereocenters. The maximum atomic E-state index is 12.9. The smallest absolute Gasteiger partial charge is 0.203 e. The van der Waals surface area contributed by atoms with Crippen molar-refractivity contribution < 1.29 is 4.39 Å². The van der Waals surface area contributed by atoms with Crippen molar-refractivity contribution in [1.29, 1.82) is 0 Å². The molecule has 0 aliphatic carbocycles. The average molecular weight is 289 g/mol. The first kappa shape index (κ1) is 15.5. The molecule has 1 aromatic carbocycles. The molecule has 1 N–H and O–H groups in total. The molecule has 3 nitrogen and oxygen atoms in total. The Morgan fingerprint density at radius 3 is 2.67 bits per heavy atom. The predicted molar refractivity (Wildman–Crippen MR) is 85.1 cm³/mol.